The summed E-state index contributed by atoms with van der Waals surface area (Å²) >= 11 is 5.80. The highest BCUT2D eigenvalue weighted by Crippen LogP contribution is 2.18. The normalized spacial score (nSPS) is 29.7. The number of rotatable bonds is 3. The van der Waals surface area contributed by atoms with Crippen LogP contribution in [0.4, 0.5) is 0 Å². The van der Waals surface area contributed by atoms with Gasteiger partial charge in [0.15, 0.2) is 5.22 Å². The van der Waals surface area contributed by atoms with E-state index in [0.717, 1.165) is 44.9 Å². The first-order valence-corrected chi connectivity index (χ1v) is 7.56. The lowest BCUT2D eigenvalue weighted by atomic mass is 10.2. The molecule has 2 fully saturated rings. The van der Waals surface area contributed by atoms with E-state index < -0.39 is 0 Å². The lowest BCUT2D eigenvalue weighted by molar-refractivity contribution is 0.0835. The summed E-state index contributed by atoms with van der Waals surface area (Å²) in [5.41, 5.74) is 0. The zero-order chi connectivity index (χ0) is 13.9. The molecule has 1 N–H and O–H groups in total. The molecule has 5 nitrogen and oxygen atoms in total. The SMILES string of the molecule is O[C@@H]1COC[C@H]1N1CCCN(Cc2ccc(Cl)o2)CC1. The first-order chi connectivity index (χ1) is 9.72. The van der Waals surface area contributed by atoms with Gasteiger partial charge in [0.1, 0.15) is 5.76 Å². The van der Waals surface area contributed by atoms with Crippen molar-refractivity contribution in [1.29, 1.82) is 0 Å². The van der Waals surface area contributed by atoms with Crippen LogP contribution in [-0.4, -0.2) is 66.4 Å². The van der Waals surface area contributed by atoms with Gasteiger partial charge in [-0.1, -0.05) is 0 Å². The number of halogens is 1. The Morgan fingerprint density at radius 3 is 2.80 bits per heavy atom. The zero-order valence-corrected chi connectivity index (χ0v) is 12.3. The second-order valence-corrected chi connectivity index (χ2v) is 5.92. The Morgan fingerprint density at radius 2 is 2.10 bits per heavy atom. The number of furan rings is 1. The number of nitrogens with zero attached hydrogens (tertiary/aromatic N) is 2. The van der Waals surface area contributed by atoms with Gasteiger partial charge >= 0.3 is 0 Å². The molecule has 1 aromatic rings. The topological polar surface area (TPSA) is 49.1 Å². The Morgan fingerprint density at radius 1 is 1.20 bits per heavy atom. The summed E-state index contributed by atoms with van der Waals surface area (Å²) in [6, 6.07) is 3.88. The lowest BCUT2D eigenvalue weighted by Crippen LogP contribution is -2.44. The van der Waals surface area contributed by atoms with Gasteiger partial charge in [-0.25, -0.2) is 0 Å². The Bertz CT molecular complexity index is 440. The average Bonchev–Trinajstić information content (AvgIpc) is 2.95. The molecule has 0 spiro atoms. The molecule has 0 aromatic carbocycles. The van der Waals surface area contributed by atoms with Crippen molar-refractivity contribution in [2.24, 2.45) is 0 Å². The fourth-order valence-electron chi connectivity index (χ4n) is 3.02. The number of ether oxygens (including phenoxy) is 1. The molecule has 2 atom stereocenters. The van der Waals surface area contributed by atoms with E-state index in [1.165, 1.54) is 0 Å². The second kappa shape index (κ2) is 6.45. The predicted molar refractivity (Wildman–Crippen MR) is 75.8 cm³/mol. The molecular formula is C14H21ClN2O3. The molecule has 3 heterocycles. The maximum absolute atomic E-state index is 9.93. The van der Waals surface area contributed by atoms with Gasteiger partial charge in [0, 0.05) is 13.1 Å². The third kappa shape index (κ3) is 3.35. The summed E-state index contributed by atoms with van der Waals surface area (Å²) in [7, 11) is 0. The molecule has 3 rings (SSSR count). The lowest BCUT2D eigenvalue weighted by Gasteiger charge is -2.28. The average molecular weight is 301 g/mol. The van der Waals surface area contributed by atoms with Crippen LogP contribution in [0.5, 0.6) is 0 Å². The van der Waals surface area contributed by atoms with Crippen LogP contribution in [-0.2, 0) is 11.3 Å². The van der Waals surface area contributed by atoms with Crippen LogP contribution in [0.3, 0.4) is 0 Å². The summed E-state index contributed by atoms with van der Waals surface area (Å²) in [5, 5.41) is 10.4. The van der Waals surface area contributed by atoms with E-state index in [1.807, 2.05) is 6.07 Å². The van der Waals surface area contributed by atoms with Crippen molar-refractivity contribution in [2.45, 2.75) is 25.1 Å². The molecule has 0 bridgehead atoms. The van der Waals surface area contributed by atoms with Gasteiger partial charge in [0.2, 0.25) is 0 Å². The van der Waals surface area contributed by atoms with Crippen LogP contribution in [0.2, 0.25) is 5.22 Å². The molecule has 6 heteroatoms. The van der Waals surface area contributed by atoms with E-state index in [2.05, 4.69) is 9.80 Å². The summed E-state index contributed by atoms with van der Waals surface area (Å²) in [4.78, 5) is 4.73. The molecule has 0 aliphatic carbocycles. The molecular weight excluding hydrogens is 280 g/mol. The van der Waals surface area contributed by atoms with E-state index in [4.69, 9.17) is 20.8 Å². The molecule has 0 saturated carbocycles. The fraction of sp³-hybridized carbons (Fsp3) is 0.714. The minimum Gasteiger partial charge on any atom is -0.448 e. The third-order valence-corrected chi connectivity index (χ3v) is 4.32. The first-order valence-electron chi connectivity index (χ1n) is 7.19. The van der Waals surface area contributed by atoms with Gasteiger partial charge in [-0.05, 0) is 43.2 Å². The van der Waals surface area contributed by atoms with Gasteiger partial charge in [-0.2, -0.15) is 0 Å². The number of hydrogen-bond donors (Lipinski definition) is 1. The van der Waals surface area contributed by atoms with Crippen molar-refractivity contribution in [3.63, 3.8) is 0 Å². The van der Waals surface area contributed by atoms with Crippen molar-refractivity contribution < 1.29 is 14.3 Å². The highest BCUT2D eigenvalue weighted by molar-refractivity contribution is 6.28. The minimum atomic E-state index is -0.342. The molecule has 1 aromatic heterocycles. The fourth-order valence-corrected chi connectivity index (χ4v) is 3.18. The van der Waals surface area contributed by atoms with Gasteiger partial charge in [-0.3, -0.25) is 9.80 Å². The van der Waals surface area contributed by atoms with E-state index in [9.17, 15) is 5.11 Å². The van der Waals surface area contributed by atoms with E-state index in [1.54, 1.807) is 6.07 Å². The van der Waals surface area contributed by atoms with Crippen LogP contribution in [0.25, 0.3) is 0 Å². The second-order valence-electron chi connectivity index (χ2n) is 5.54. The highest BCUT2D eigenvalue weighted by Gasteiger charge is 2.32. The molecule has 20 heavy (non-hydrogen) atoms. The molecule has 0 unspecified atom stereocenters. The number of hydrogen-bond acceptors (Lipinski definition) is 5. The smallest absolute Gasteiger partial charge is 0.193 e. The maximum atomic E-state index is 9.93. The van der Waals surface area contributed by atoms with Crippen molar-refractivity contribution in [3.8, 4) is 0 Å². The Hall–Kier alpha value is -0.590. The Kier molecular flexibility index (Phi) is 4.63. The molecule has 2 aliphatic rings. The molecule has 0 radical (unpaired) electrons. The third-order valence-electron chi connectivity index (χ3n) is 4.12. The maximum Gasteiger partial charge on any atom is 0.193 e. The van der Waals surface area contributed by atoms with Crippen molar-refractivity contribution in [1.82, 2.24) is 9.80 Å². The van der Waals surface area contributed by atoms with Crippen LogP contribution in [0, 0.1) is 0 Å². The van der Waals surface area contributed by atoms with Crippen LogP contribution in [0.15, 0.2) is 16.5 Å². The zero-order valence-electron chi connectivity index (χ0n) is 11.5. The van der Waals surface area contributed by atoms with E-state index in [-0.39, 0.29) is 12.1 Å². The van der Waals surface area contributed by atoms with Gasteiger partial charge in [0.05, 0.1) is 31.9 Å². The summed E-state index contributed by atoms with van der Waals surface area (Å²) in [6.07, 6.45) is 0.753. The highest BCUT2D eigenvalue weighted by atomic mass is 35.5. The minimum absolute atomic E-state index is 0.160. The van der Waals surface area contributed by atoms with Crippen LogP contribution >= 0.6 is 11.6 Å². The summed E-state index contributed by atoms with van der Waals surface area (Å²) in [6.45, 7) is 5.90. The van der Waals surface area contributed by atoms with Crippen molar-refractivity contribution in [3.05, 3.63) is 23.1 Å². The van der Waals surface area contributed by atoms with Crippen molar-refractivity contribution in [2.75, 3.05) is 39.4 Å². The summed E-state index contributed by atoms with van der Waals surface area (Å²) in [5.74, 6) is 0.910. The molecule has 2 aliphatic heterocycles. The Balaban J connectivity index is 1.54. The molecule has 112 valence electrons. The molecule has 2 saturated heterocycles. The number of aliphatic hydroxyl groups excluding tert-OH is 1. The Labute approximate surface area is 124 Å². The van der Waals surface area contributed by atoms with E-state index in [0.29, 0.717) is 18.4 Å². The molecule has 0 amide bonds. The first kappa shape index (κ1) is 14.4. The van der Waals surface area contributed by atoms with Crippen LogP contribution < -0.4 is 0 Å². The quantitative estimate of drug-likeness (QED) is 0.909. The largest absolute Gasteiger partial charge is 0.448 e. The predicted octanol–water partition coefficient (Wildman–Crippen LogP) is 1.20. The van der Waals surface area contributed by atoms with Crippen molar-refractivity contribution >= 4 is 11.6 Å². The monoisotopic (exact) mass is 300 g/mol. The van der Waals surface area contributed by atoms with Gasteiger partial charge < -0.3 is 14.3 Å². The van der Waals surface area contributed by atoms with Gasteiger partial charge in [0.25, 0.3) is 0 Å². The van der Waals surface area contributed by atoms with Gasteiger partial charge in [-0.15, -0.1) is 0 Å². The standard InChI is InChI=1S/C14H21ClN2O3/c15-14-3-2-11(20-14)8-16-4-1-5-17(7-6-16)12-9-19-10-13(12)18/h2-3,12-13,18H,1,4-10H2/t12-,13-/m1/s1. The number of aliphatic hydroxyl groups is 1. The van der Waals surface area contributed by atoms with Crippen LogP contribution in [0.1, 0.15) is 12.2 Å². The van der Waals surface area contributed by atoms with E-state index >= 15 is 0 Å². The summed E-state index contributed by atoms with van der Waals surface area (Å²) < 4.78 is 10.8.